The normalized spacial score (nSPS) is 36.3. The molecule has 1 fully saturated rings. The topological polar surface area (TPSA) is 20.2 Å². The number of allylic oxidation sites excluding steroid dienone is 8. The van der Waals surface area contributed by atoms with Crippen LogP contribution in [0.4, 0.5) is 0 Å². The summed E-state index contributed by atoms with van der Waals surface area (Å²) >= 11 is -1.03. The summed E-state index contributed by atoms with van der Waals surface area (Å²) in [6.45, 7) is 1.92. The molecule has 0 heterocycles. The fourth-order valence-electron chi connectivity index (χ4n) is 3.61. The van der Waals surface area contributed by atoms with Crippen molar-refractivity contribution >= 4 is 19.8 Å². The van der Waals surface area contributed by atoms with Crippen LogP contribution in [0.2, 0.25) is 0 Å². The van der Waals surface area contributed by atoms with Gasteiger partial charge in [0, 0.05) is 0 Å². The minimum atomic E-state index is -1.03. The van der Waals surface area contributed by atoms with E-state index in [-0.39, 0.29) is 6.10 Å². The van der Waals surface area contributed by atoms with Crippen molar-refractivity contribution in [2.45, 2.75) is 42.6 Å². The first kappa shape index (κ1) is 15.5. The van der Waals surface area contributed by atoms with E-state index in [0.29, 0.717) is 0 Å². The molecule has 0 saturated heterocycles. The Hall–Kier alpha value is -0.350. The summed E-state index contributed by atoms with van der Waals surface area (Å²) in [6, 6.07) is 0. The van der Waals surface area contributed by atoms with Crippen LogP contribution in [0.5, 0.6) is 0 Å². The van der Waals surface area contributed by atoms with Gasteiger partial charge in [-0.3, -0.25) is 0 Å². The van der Waals surface area contributed by atoms with Gasteiger partial charge in [-0.15, -0.1) is 0 Å². The molecule has 3 aliphatic rings. The molecule has 0 bridgehead atoms. The molecule has 0 aliphatic heterocycles. The first-order valence-electron chi connectivity index (χ1n) is 8.13. The van der Waals surface area contributed by atoms with Gasteiger partial charge in [-0.25, -0.2) is 0 Å². The Morgan fingerprint density at radius 2 is 2.14 bits per heavy atom. The molecule has 1 nitrogen and oxygen atoms in total. The van der Waals surface area contributed by atoms with Crippen molar-refractivity contribution in [1.29, 1.82) is 0 Å². The van der Waals surface area contributed by atoms with Crippen LogP contribution in [-0.2, 0) is 0 Å². The van der Waals surface area contributed by atoms with Gasteiger partial charge in [0.05, 0.1) is 0 Å². The molecule has 0 radical (unpaired) electrons. The van der Waals surface area contributed by atoms with Gasteiger partial charge < -0.3 is 0 Å². The maximum atomic E-state index is 9.50. The molecule has 0 aromatic rings. The van der Waals surface area contributed by atoms with Crippen molar-refractivity contribution < 1.29 is 5.11 Å². The van der Waals surface area contributed by atoms with E-state index < -0.39 is 19.8 Å². The molecule has 5 atom stereocenters. The summed E-state index contributed by atoms with van der Waals surface area (Å²) in [4.78, 5) is 2.52. The average Bonchev–Trinajstić information content (AvgIpc) is 3.26. The van der Waals surface area contributed by atoms with Gasteiger partial charge in [-0.2, -0.15) is 0 Å². The fraction of sp³-hybridized carbons (Fsp3) is 0.579. The van der Waals surface area contributed by atoms with E-state index in [0.717, 1.165) is 28.1 Å². The third-order valence-corrected chi connectivity index (χ3v) is 11.0. The number of aliphatic hydroxyl groups excluding tert-OH is 1. The second kappa shape index (κ2) is 6.82. The second-order valence-corrected chi connectivity index (χ2v) is 12.5. The van der Waals surface area contributed by atoms with Crippen LogP contribution in [-0.4, -0.2) is 20.1 Å². The minimum absolute atomic E-state index is 0.127. The van der Waals surface area contributed by atoms with Crippen molar-refractivity contribution in [2.24, 2.45) is 17.8 Å². The summed E-state index contributed by atoms with van der Waals surface area (Å²) in [5, 5.41) is 9.50. The SMILES string of the molecule is CC(O)CC1CC1C1C=CC(I(C)C2C=CC=CC2)=CC1. The molecule has 1 N–H and O–H groups in total. The van der Waals surface area contributed by atoms with Gasteiger partial charge in [0.15, 0.2) is 0 Å². The molecular formula is C19H27IO. The van der Waals surface area contributed by atoms with Gasteiger partial charge in [0.2, 0.25) is 0 Å². The molecule has 0 aromatic heterocycles. The monoisotopic (exact) mass is 398 g/mol. The Labute approximate surface area is 136 Å². The van der Waals surface area contributed by atoms with Gasteiger partial charge in [-0.05, 0) is 0 Å². The zero-order chi connectivity index (χ0) is 14.8. The van der Waals surface area contributed by atoms with Gasteiger partial charge in [-0.1, -0.05) is 0 Å². The van der Waals surface area contributed by atoms with Gasteiger partial charge >= 0.3 is 136 Å². The van der Waals surface area contributed by atoms with Crippen LogP contribution in [0, 0.1) is 17.8 Å². The Morgan fingerprint density at radius 1 is 1.29 bits per heavy atom. The molecule has 3 rings (SSSR count). The molecule has 116 valence electrons. The van der Waals surface area contributed by atoms with Gasteiger partial charge in [0.25, 0.3) is 0 Å². The number of hydrogen-bond acceptors (Lipinski definition) is 1. The number of halogens is 1. The van der Waals surface area contributed by atoms with Crippen LogP contribution in [0.25, 0.3) is 0 Å². The van der Waals surface area contributed by atoms with Crippen molar-refractivity contribution in [2.75, 3.05) is 4.93 Å². The molecule has 21 heavy (non-hydrogen) atoms. The molecular weight excluding hydrogens is 371 g/mol. The molecule has 2 heteroatoms. The number of hydrogen-bond donors (Lipinski definition) is 1. The summed E-state index contributed by atoms with van der Waals surface area (Å²) in [7, 11) is 0. The Bertz CT molecular complexity index is 486. The van der Waals surface area contributed by atoms with Crippen LogP contribution < -0.4 is 0 Å². The second-order valence-electron chi connectivity index (χ2n) is 6.67. The Kier molecular flexibility index (Phi) is 5.05. The average molecular weight is 398 g/mol. The summed E-state index contributed by atoms with van der Waals surface area (Å²) in [5.41, 5.74) is 0. The third-order valence-electron chi connectivity index (χ3n) is 4.95. The zero-order valence-electron chi connectivity index (χ0n) is 13.1. The number of rotatable bonds is 5. The van der Waals surface area contributed by atoms with E-state index in [1.165, 1.54) is 19.3 Å². The quantitative estimate of drug-likeness (QED) is 0.517. The van der Waals surface area contributed by atoms with Gasteiger partial charge in [0.1, 0.15) is 0 Å². The first-order valence-corrected chi connectivity index (χ1v) is 12.6. The van der Waals surface area contributed by atoms with E-state index >= 15 is 0 Å². The summed E-state index contributed by atoms with van der Waals surface area (Å²) < 4.78 is 2.49. The van der Waals surface area contributed by atoms with Crippen LogP contribution in [0.15, 0.2) is 46.1 Å². The zero-order valence-corrected chi connectivity index (χ0v) is 15.2. The Balaban J connectivity index is 1.52. The molecule has 0 amide bonds. The molecule has 0 spiro atoms. The van der Waals surface area contributed by atoms with Crippen molar-refractivity contribution in [3.05, 3.63) is 46.1 Å². The fourth-order valence-corrected chi connectivity index (χ4v) is 8.18. The molecule has 1 saturated carbocycles. The molecule has 3 aliphatic carbocycles. The van der Waals surface area contributed by atoms with Crippen LogP contribution >= 0.6 is 19.8 Å². The van der Waals surface area contributed by atoms with Crippen molar-refractivity contribution in [3.63, 3.8) is 0 Å². The van der Waals surface area contributed by atoms with E-state index in [1.54, 1.807) is 3.58 Å². The Morgan fingerprint density at radius 3 is 2.76 bits per heavy atom. The number of alkyl halides is 2. The van der Waals surface area contributed by atoms with Crippen LogP contribution in [0.1, 0.15) is 32.6 Å². The van der Waals surface area contributed by atoms with E-state index in [4.69, 9.17) is 0 Å². The van der Waals surface area contributed by atoms with E-state index in [2.05, 4.69) is 47.5 Å². The molecule has 5 unspecified atom stereocenters. The standard InChI is InChI=1S/C19H27IO/c1-14(21)12-16-13-19(16)15-8-10-18(11-9-15)20(2)17-6-4-3-5-7-17/h3-6,8,10-11,14-17,19,21H,7,9,12-13H2,1-2H3. The predicted octanol–water partition coefficient (Wildman–Crippen LogP) is 4.87. The predicted molar refractivity (Wildman–Crippen MR) is 99.9 cm³/mol. The first-order chi connectivity index (χ1) is 10.1. The third kappa shape index (κ3) is 3.89. The summed E-state index contributed by atoms with van der Waals surface area (Å²) in [6.07, 6.45) is 21.3. The summed E-state index contributed by atoms with van der Waals surface area (Å²) in [5.74, 6) is 2.35. The molecule has 0 aromatic carbocycles. The maximum absolute atomic E-state index is 9.50. The van der Waals surface area contributed by atoms with E-state index in [9.17, 15) is 5.11 Å². The van der Waals surface area contributed by atoms with E-state index in [1.807, 2.05) is 6.92 Å². The van der Waals surface area contributed by atoms with Crippen LogP contribution in [0.3, 0.4) is 0 Å². The number of aliphatic hydroxyl groups is 1. The van der Waals surface area contributed by atoms with Crippen molar-refractivity contribution in [1.82, 2.24) is 0 Å². The van der Waals surface area contributed by atoms with Crippen molar-refractivity contribution in [3.8, 4) is 0 Å².